The lowest BCUT2D eigenvalue weighted by molar-refractivity contribution is 0.356. The molecule has 110 valence electrons. The predicted molar refractivity (Wildman–Crippen MR) is 77.3 cm³/mol. The number of sulfonamides is 1. The zero-order chi connectivity index (χ0) is 14.6. The monoisotopic (exact) mass is 307 g/mol. The molecule has 0 saturated carbocycles. The van der Waals surface area contributed by atoms with Gasteiger partial charge in [-0.05, 0) is 34.0 Å². The van der Waals surface area contributed by atoms with E-state index in [-0.39, 0.29) is 9.08 Å². The standard InChI is InChI=1S/C11H21N3O3S2/c1-5-14(8-6-7-13(3)4)19(16,17)10-9(2)12-11(15)18-10/h5-8H2,1-4H3,(H,12,15). The number of rotatable bonds is 7. The Morgan fingerprint density at radius 1 is 1.26 bits per heavy atom. The normalized spacial score (nSPS) is 12.5. The second kappa shape index (κ2) is 6.65. The molecule has 0 spiro atoms. The Kier molecular flexibility index (Phi) is 5.72. The summed E-state index contributed by atoms with van der Waals surface area (Å²) in [6.07, 6.45) is 0.762. The van der Waals surface area contributed by atoms with E-state index in [1.54, 1.807) is 13.8 Å². The summed E-state index contributed by atoms with van der Waals surface area (Å²) < 4.78 is 26.4. The third-order valence-electron chi connectivity index (χ3n) is 2.72. The van der Waals surface area contributed by atoms with Crippen LogP contribution in [0.5, 0.6) is 0 Å². The van der Waals surface area contributed by atoms with Crippen LogP contribution in [-0.2, 0) is 10.0 Å². The van der Waals surface area contributed by atoms with Crippen LogP contribution in [0.3, 0.4) is 0 Å². The fraction of sp³-hybridized carbons (Fsp3) is 0.727. The fourth-order valence-electron chi connectivity index (χ4n) is 1.77. The van der Waals surface area contributed by atoms with Crippen LogP contribution in [-0.4, -0.2) is 56.3 Å². The summed E-state index contributed by atoms with van der Waals surface area (Å²) >= 11 is 0.754. The summed E-state index contributed by atoms with van der Waals surface area (Å²) in [6, 6.07) is 0. The van der Waals surface area contributed by atoms with E-state index in [1.807, 2.05) is 19.0 Å². The SMILES string of the molecule is CCN(CCCN(C)C)S(=O)(=O)c1sc(=O)[nH]c1C. The van der Waals surface area contributed by atoms with Gasteiger partial charge in [-0.3, -0.25) is 4.79 Å². The van der Waals surface area contributed by atoms with E-state index in [0.717, 1.165) is 24.3 Å². The molecule has 0 aliphatic heterocycles. The molecule has 0 amide bonds. The summed E-state index contributed by atoms with van der Waals surface area (Å²) in [7, 11) is 0.346. The maximum atomic E-state index is 12.4. The van der Waals surface area contributed by atoms with E-state index < -0.39 is 10.0 Å². The van der Waals surface area contributed by atoms with Crippen LogP contribution in [0.15, 0.2) is 9.00 Å². The van der Waals surface area contributed by atoms with Gasteiger partial charge in [-0.2, -0.15) is 4.31 Å². The van der Waals surface area contributed by atoms with Crippen LogP contribution < -0.4 is 4.87 Å². The van der Waals surface area contributed by atoms with Crippen molar-refractivity contribution in [3.05, 3.63) is 15.4 Å². The van der Waals surface area contributed by atoms with Gasteiger partial charge in [-0.25, -0.2) is 8.42 Å². The Bertz CT molecular complexity index is 560. The molecule has 0 unspecified atom stereocenters. The average molecular weight is 307 g/mol. The van der Waals surface area contributed by atoms with Crippen LogP contribution in [0.25, 0.3) is 0 Å². The molecule has 0 aromatic carbocycles. The van der Waals surface area contributed by atoms with E-state index in [9.17, 15) is 13.2 Å². The first-order valence-electron chi connectivity index (χ1n) is 6.13. The lowest BCUT2D eigenvalue weighted by atomic mass is 10.4. The second-order valence-corrected chi connectivity index (χ2v) is 7.70. The molecule has 6 nitrogen and oxygen atoms in total. The fourth-order valence-corrected chi connectivity index (χ4v) is 4.69. The van der Waals surface area contributed by atoms with Crippen molar-refractivity contribution >= 4 is 21.4 Å². The van der Waals surface area contributed by atoms with Crippen molar-refractivity contribution < 1.29 is 8.42 Å². The molecule has 1 aromatic rings. The van der Waals surface area contributed by atoms with Gasteiger partial charge in [-0.1, -0.05) is 18.3 Å². The van der Waals surface area contributed by atoms with Gasteiger partial charge in [0.2, 0.25) is 0 Å². The highest BCUT2D eigenvalue weighted by Gasteiger charge is 2.27. The number of H-pyrrole nitrogens is 1. The van der Waals surface area contributed by atoms with Crippen LogP contribution in [0, 0.1) is 6.92 Å². The number of hydrogen-bond donors (Lipinski definition) is 1. The Labute approximate surface area is 118 Å². The molecule has 1 rings (SSSR count). The molecule has 0 bridgehead atoms. The van der Waals surface area contributed by atoms with Crippen LogP contribution >= 0.6 is 11.3 Å². The Hall–Kier alpha value is -0.700. The molecule has 0 radical (unpaired) electrons. The van der Waals surface area contributed by atoms with E-state index in [0.29, 0.717) is 18.8 Å². The molecule has 1 N–H and O–H groups in total. The highest BCUT2D eigenvalue weighted by molar-refractivity contribution is 7.91. The summed E-state index contributed by atoms with van der Waals surface area (Å²) in [6.45, 7) is 5.11. The lowest BCUT2D eigenvalue weighted by Gasteiger charge is -2.20. The van der Waals surface area contributed by atoms with Crippen molar-refractivity contribution in [3.8, 4) is 0 Å². The molecule has 0 aliphatic carbocycles. The maximum Gasteiger partial charge on any atom is 0.305 e. The van der Waals surface area contributed by atoms with Crippen LogP contribution in [0.2, 0.25) is 0 Å². The predicted octanol–water partition coefficient (Wildman–Crippen LogP) is 0.707. The summed E-state index contributed by atoms with van der Waals surface area (Å²) in [5, 5.41) is 0. The smallest absolute Gasteiger partial charge is 0.305 e. The maximum absolute atomic E-state index is 12.4. The quantitative estimate of drug-likeness (QED) is 0.805. The first-order chi connectivity index (χ1) is 8.78. The summed E-state index contributed by atoms with van der Waals surface area (Å²) in [5.41, 5.74) is 0.418. The Morgan fingerprint density at radius 3 is 2.32 bits per heavy atom. The minimum atomic E-state index is -3.56. The van der Waals surface area contributed by atoms with E-state index >= 15 is 0 Å². The van der Waals surface area contributed by atoms with Crippen LogP contribution in [0.1, 0.15) is 19.0 Å². The number of aromatic amines is 1. The molecule has 0 atom stereocenters. The highest BCUT2D eigenvalue weighted by atomic mass is 32.2. The number of aromatic nitrogens is 1. The molecular formula is C11H21N3O3S2. The highest BCUT2D eigenvalue weighted by Crippen LogP contribution is 2.21. The van der Waals surface area contributed by atoms with Crippen molar-refractivity contribution in [2.45, 2.75) is 24.5 Å². The van der Waals surface area contributed by atoms with Crippen molar-refractivity contribution in [1.82, 2.24) is 14.2 Å². The molecular weight excluding hydrogens is 286 g/mol. The molecule has 19 heavy (non-hydrogen) atoms. The van der Waals surface area contributed by atoms with Crippen molar-refractivity contribution in [1.29, 1.82) is 0 Å². The number of thiazole rings is 1. The molecule has 1 aromatic heterocycles. The largest absolute Gasteiger partial charge is 0.315 e. The zero-order valence-corrected chi connectivity index (χ0v) is 13.4. The van der Waals surface area contributed by atoms with Gasteiger partial charge in [0.1, 0.15) is 0 Å². The Balaban J connectivity index is 2.90. The van der Waals surface area contributed by atoms with Crippen molar-refractivity contribution in [2.75, 3.05) is 33.7 Å². The summed E-state index contributed by atoms with van der Waals surface area (Å²) in [4.78, 5) is 15.4. The molecule has 0 aliphatic rings. The molecule has 0 fully saturated rings. The third kappa shape index (κ3) is 4.13. The van der Waals surface area contributed by atoms with Crippen LogP contribution in [0.4, 0.5) is 0 Å². The van der Waals surface area contributed by atoms with Gasteiger partial charge in [0.15, 0.2) is 4.21 Å². The molecule has 0 saturated heterocycles. The Morgan fingerprint density at radius 2 is 1.89 bits per heavy atom. The van der Waals surface area contributed by atoms with E-state index in [1.165, 1.54) is 4.31 Å². The minimum Gasteiger partial charge on any atom is -0.315 e. The average Bonchev–Trinajstić information content (AvgIpc) is 2.64. The van der Waals surface area contributed by atoms with Gasteiger partial charge in [-0.15, -0.1) is 0 Å². The van der Waals surface area contributed by atoms with E-state index in [4.69, 9.17) is 0 Å². The molecule has 8 heteroatoms. The van der Waals surface area contributed by atoms with E-state index in [2.05, 4.69) is 4.98 Å². The summed E-state index contributed by atoms with van der Waals surface area (Å²) in [5.74, 6) is 0. The minimum absolute atomic E-state index is 0.129. The first-order valence-corrected chi connectivity index (χ1v) is 8.39. The number of hydrogen-bond acceptors (Lipinski definition) is 5. The third-order valence-corrected chi connectivity index (χ3v) is 6.28. The zero-order valence-electron chi connectivity index (χ0n) is 11.8. The molecule has 1 heterocycles. The van der Waals surface area contributed by atoms with Crippen molar-refractivity contribution in [2.24, 2.45) is 0 Å². The lowest BCUT2D eigenvalue weighted by Crippen LogP contribution is -2.33. The van der Waals surface area contributed by atoms with Gasteiger partial charge in [0.05, 0.1) is 0 Å². The van der Waals surface area contributed by atoms with Gasteiger partial charge < -0.3 is 9.88 Å². The van der Waals surface area contributed by atoms with Gasteiger partial charge in [0, 0.05) is 18.8 Å². The van der Waals surface area contributed by atoms with Gasteiger partial charge >= 0.3 is 4.87 Å². The van der Waals surface area contributed by atoms with Gasteiger partial charge in [0.25, 0.3) is 10.0 Å². The number of nitrogens with zero attached hydrogens (tertiary/aromatic N) is 2. The first kappa shape index (κ1) is 16.4. The second-order valence-electron chi connectivity index (χ2n) is 4.58. The number of nitrogens with one attached hydrogen (secondary N) is 1. The number of aryl methyl sites for hydroxylation is 1. The van der Waals surface area contributed by atoms with Crippen molar-refractivity contribution in [3.63, 3.8) is 0 Å². The topological polar surface area (TPSA) is 73.5 Å².